The Morgan fingerprint density at radius 1 is 1.26 bits per heavy atom. The smallest absolute Gasteiger partial charge is 0.295 e. The predicted octanol–water partition coefficient (Wildman–Crippen LogP) is 3.27. The molecular formula is C17H21NO4S. The Hall–Kier alpha value is -1.92. The van der Waals surface area contributed by atoms with E-state index in [-0.39, 0.29) is 10.8 Å². The summed E-state index contributed by atoms with van der Waals surface area (Å²) in [5.74, 6) is -0.150. The SMILES string of the molecule is CCCCN(C)C(=O)c1cc2c(S(=O)(=O)O)cccc2cc1C. The van der Waals surface area contributed by atoms with Gasteiger partial charge in [-0.3, -0.25) is 9.35 Å². The lowest BCUT2D eigenvalue weighted by molar-refractivity contribution is 0.0792. The first-order valence-electron chi connectivity index (χ1n) is 7.52. The number of hydrogen-bond donors (Lipinski definition) is 1. The summed E-state index contributed by atoms with van der Waals surface area (Å²) in [5.41, 5.74) is 1.23. The Morgan fingerprint density at radius 2 is 1.96 bits per heavy atom. The molecule has 2 rings (SSSR count). The van der Waals surface area contributed by atoms with Crippen molar-refractivity contribution in [2.75, 3.05) is 13.6 Å². The van der Waals surface area contributed by atoms with E-state index in [2.05, 4.69) is 6.92 Å². The largest absolute Gasteiger partial charge is 0.342 e. The molecule has 0 aliphatic heterocycles. The minimum Gasteiger partial charge on any atom is -0.342 e. The maximum absolute atomic E-state index is 12.6. The Balaban J connectivity index is 2.58. The van der Waals surface area contributed by atoms with E-state index in [9.17, 15) is 17.8 Å². The lowest BCUT2D eigenvalue weighted by Crippen LogP contribution is -2.28. The number of aryl methyl sites for hydroxylation is 1. The molecular weight excluding hydrogens is 314 g/mol. The van der Waals surface area contributed by atoms with E-state index in [1.54, 1.807) is 36.2 Å². The maximum Gasteiger partial charge on any atom is 0.295 e. The summed E-state index contributed by atoms with van der Waals surface area (Å²) in [6, 6.07) is 7.98. The van der Waals surface area contributed by atoms with Gasteiger partial charge in [-0.25, -0.2) is 0 Å². The molecule has 0 unspecified atom stereocenters. The highest BCUT2D eigenvalue weighted by molar-refractivity contribution is 7.86. The summed E-state index contributed by atoms with van der Waals surface area (Å²) >= 11 is 0. The van der Waals surface area contributed by atoms with Crippen LogP contribution in [0.1, 0.15) is 35.7 Å². The van der Waals surface area contributed by atoms with Crippen LogP contribution in [0.15, 0.2) is 35.2 Å². The van der Waals surface area contributed by atoms with E-state index in [4.69, 9.17) is 0 Å². The molecule has 0 saturated heterocycles. The minimum absolute atomic E-state index is 0.150. The third kappa shape index (κ3) is 3.71. The number of rotatable bonds is 5. The van der Waals surface area contributed by atoms with Gasteiger partial charge in [-0.15, -0.1) is 0 Å². The summed E-state index contributed by atoms with van der Waals surface area (Å²) < 4.78 is 32.5. The number of carbonyl (C=O) groups is 1. The van der Waals surface area contributed by atoms with Crippen LogP contribution >= 0.6 is 0 Å². The van der Waals surface area contributed by atoms with E-state index in [1.165, 1.54) is 6.07 Å². The summed E-state index contributed by atoms with van der Waals surface area (Å²) in [5, 5.41) is 1.03. The number of fused-ring (bicyclic) bond motifs is 1. The van der Waals surface area contributed by atoms with E-state index >= 15 is 0 Å². The average molecular weight is 335 g/mol. The van der Waals surface area contributed by atoms with Crippen LogP contribution in [0.25, 0.3) is 10.8 Å². The van der Waals surface area contributed by atoms with Gasteiger partial charge in [0.25, 0.3) is 16.0 Å². The van der Waals surface area contributed by atoms with Crippen molar-refractivity contribution in [3.63, 3.8) is 0 Å². The van der Waals surface area contributed by atoms with Crippen LogP contribution in [-0.2, 0) is 10.1 Å². The third-order valence-corrected chi connectivity index (χ3v) is 4.80. The molecule has 0 fully saturated rings. The Bertz CT molecular complexity index is 843. The van der Waals surface area contributed by atoms with Crippen molar-refractivity contribution in [3.8, 4) is 0 Å². The third-order valence-electron chi connectivity index (χ3n) is 3.89. The van der Waals surface area contributed by atoms with Crippen molar-refractivity contribution >= 4 is 26.8 Å². The normalized spacial score (nSPS) is 11.7. The molecule has 0 aromatic heterocycles. The number of amides is 1. The van der Waals surface area contributed by atoms with E-state index in [0.29, 0.717) is 22.9 Å². The summed E-state index contributed by atoms with van der Waals surface area (Å²) in [6.45, 7) is 4.52. The van der Waals surface area contributed by atoms with Crippen LogP contribution in [0, 0.1) is 6.92 Å². The average Bonchev–Trinajstić information content (AvgIpc) is 2.49. The van der Waals surface area contributed by atoms with Gasteiger partial charge >= 0.3 is 0 Å². The predicted molar refractivity (Wildman–Crippen MR) is 90.4 cm³/mol. The fourth-order valence-corrected chi connectivity index (χ4v) is 3.27. The first-order valence-corrected chi connectivity index (χ1v) is 8.96. The van der Waals surface area contributed by atoms with Crippen LogP contribution in [0.3, 0.4) is 0 Å². The van der Waals surface area contributed by atoms with Gasteiger partial charge in [0.05, 0.1) is 0 Å². The zero-order valence-corrected chi connectivity index (χ0v) is 14.4. The Kier molecular flexibility index (Phi) is 5.06. The molecule has 124 valence electrons. The van der Waals surface area contributed by atoms with Gasteiger partial charge in [0.15, 0.2) is 0 Å². The van der Waals surface area contributed by atoms with E-state index in [1.807, 2.05) is 6.92 Å². The zero-order chi connectivity index (χ0) is 17.2. The number of carbonyl (C=O) groups excluding carboxylic acids is 1. The monoisotopic (exact) mass is 335 g/mol. The van der Waals surface area contributed by atoms with Crippen molar-refractivity contribution in [1.82, 2.24) is 4.90 Å². The van der Waals surface area contributed by atoms with Crippen molar-refractivity contribution in [2.24, 2.45) is 0 Å². The molecule has 0 saturated carbocycles. The molecule has 0 heterocycles. The van der Waals surface area contributed by atoms with E-state index < -0.39 is 10.1 Å². The lowest BCUT2D eigenvalue weighted by Gasteiger charge is -2.19. The zero-order valence-electron chi connectivity index (χ0n) is 13.5. The fraction of sp³-hybridized carbons (Fsp3) is 0.353. The van der Waals surface area contributed by atoms with Crippen LogP contribution < -0.4 is 0 Å². The van der Waals surface area contributed by atoms with Crippen LogP contribution in [-0.4, -0.2) is 37.4 Å². The van der Waals surface area contributed by atoms with Crippen LogP contribution in [0.4, 0.5) is 0 Å². The summed E-state index contributed by atoms with van der Waals surface area (Å²) in [4.78, 5) is 14.0. The molecule has 0 spiro atoms. The van der Waals surface area contributed by atoms with Gasteiger partial charge in [0.2, 0.25) is 0 Å². The number of unbranched alkanes of at least 4 members (excludes halogenated alkanes) is 1. The van der Waals surface area contributed by atoms with Gasteiger partial charge in [-0.2, -0.15) is 8.42 Å². The van der Waals surface area contributed by atoms with Crippen molar-refractivity contribution < 1.29 is 17.8 Å². The topological polar surface area (TPSA) is 74.7 Å². The molecule has 2 aromatic rings. The van der Waals surface area contributed by atoms with E-state index in [0.717, 1.165) is 18.4 Å². The van der Waals surface area contributed by atoms with Crippen molar-refractivity contribution in [3.05, 3.63) is 41.5 Å². The van der Waals surface area contributed by atoms with Crippen molar-refractivity contribution in [1.29, 1.82) is 0 Å². The van der Waals surface area contributed by atoms with Crippen LogP contribution in [0.2, 0.25) is 0 Å². The lowest BCUT2D eigenvalue weighted by atomic mass is 10.0. The molecule has 0 bridgehead atoms. The van der Waals surface area contributed by atoms with Gasteiger partial charge in [-0.1, -0.05) is 31.5 Å². The van der Waals surface area contributed by atoms with Gasteiger partial charge in [-0.05, 0) is 36.4 Å². The quantitative estimate of drug-likeness (QED) is 0.851. The van der Waals surface area contributed by atoms with Crippen molar-refractivity contribution in [2.45, 2.75) is 31.6 Å². The molecule has 6 heteroatoms. The number of benzene rings is 2. The molecule has 1 N–H and O–H groups in total. The molecule has 0 aliphatic rings. The molecule has 1 amide bonds. The van der Waals surface area contributed by atoms with Gasteiger partial charge in [0, 0.05) is 24.5 Å². The minimum atomic E-state index is -4.34. The first kappa shape index (κ1) is 17.4. The highest BCUT2D eigenvalue weighted by Crippen LogP contribution is 2.27. The second kappa shape index (κ2) is 6.68. The molecule has 0 radical (unpaired) electrons. The van der Waals surface area contributed by atoms with Gasteiger partial charge < -0.3 is 4.90 Å². The summed E-state index contributed by atoms with van der Waals surface area (Å²) in [6.07, 6.45) is 1.90. The molecule has 2 aromatic carbocycles. The Labute approximate surface area is 136 Å². The van der Waals surface area contributed by atoms with Gasteiger partial charge in [0.1, 0.15) is 4.90 Å². The molecule has 0 aliphatic carbocycles. The molecule has 5 nitrogen and oxygen atoms in total. The Morgan fingerprint density at radius 3 is 2.57 bits per heavy atom. The highest BCUT2D eigenvalue weighted by Gasteiger charge is 2.19. The number of hydrogen-bond acceptors (Lipinski definition) is 3. The number of nitrogens with zero attached hydrogens (tertiary/aromatic N) is 1. The molecule has 23 heavy (non-hydrogen) atoms. The maximum atomic E-state index is 12.6. The second-order valence-electron chi connectivity index (χ2n) is 5.70. The fourth-order valence-electron chi connectivity index (χ4n) is 2.57. The molecule has 0 atom stereocenters. The first-order chi connectivity index (χ1) is 10.8. The standard InChI is InChI=1S/C17H21NO4S/c1-4-5-9-18(3)17(19)14-11-15-13(10-12(14)2)7-6-8-16(15)23(20,21)22/h6-8,10-11H,4-5,9H2,1-3H3,(H,20,21,22). The highest BCUT2D eigenvalue weighted by atomic mass is 32.2. The second-order valence-corrected chi connectivity index (χ2v) is 7.09. The summed E-state index contributed by atoms with van der Waals surface area (Å²) in [7, 11) is -2.61. The van der Waals surface area contributed by atoms with Crippen LogP contribution in [0.5, 0.6) is 0 Å².